The molecule has 23 heavy (non-hydrogen) atoms. The third kappa shape index (κ3) is 4.32. The van der Waals surface area contributed by atoms with Crippen LogP contribution in [0.15, 0.2) is 42.5 Å². The van der Waals surface area contributed by atoms with Crippen molar-refractivity contribution in [1.82, 2.24) is 0 Å². The number of para-hydroxylation sites is 1. The first kappa shape index (κ1) is 16.5. The Kier molecular flexibility index (Phi) is 5.36. The standard InChI is InChI=1S/C18H20N2O3/c1-12-6-4-7-13(2)17(12)20-16(21)11-19-15-9-5-8-14(10-15)18(22)23-3/h4-10,19H,11H2,1-3H3,(H,20,21). The first-order valence-electron chi connectivity index (χ1n) is 7.29. The lowest BCUT2D eigenvalue weighted by Crippen LogP contribution is -2.22. The Morgan fingerprint density at radius 3 is 2.35 bits per heavy atom. The molecule has 0 aliphatic heterocycles. The van der Waals surface area contributed by atoms with Crippen LogP contribution < -0.4 is 10.6 Å². The van der Waals surface area contributed by atoms with Crippen LogP contribution in [0.2, 0.25) is 0 Å². The number of carbonyl (C=O) groups excluding carboxylic acids is 2. The zero-order chi connectivity index (χ0) is 16.8. The van der Waals surface area contributed by atoms with Gasteiger partial charge in [0.05, 0.1) is 19.2 Å². The number of amides is 1. The number of ether oxygens (including phenoxy) is 1. The van der Waals surface area contributed by atoms with Gasteiger partial charge in [0.1, 0.15) is 0 Å². The van der Waals surface area contributed by atoms with Crippen LogP contribution in [-0.2, 0) is 9.53 Å². The predicted molar refractivity (Wildman–Crippen MR) is 90.8 cm³/mol. The van der Waals surface area contributed by atoms with Gasteiger partial charge in [-0.15, -0.1) is 0 Å². The molecule has 0 bridgehead atoms. The van der Waals surface area contributed by atoms with Gasteiger partial charge in [-0.2, -0.15) is 0 Å². The predicted octanol–water partition coefficient (Wildman–Crippen LogP) is 3.14. The number of aryl methyl sites for hydroxylation is 2. The van der Waals surface area contributed by atoms with Gasteiger partial charge in [-0.1, -0.05) is 24.3 Å². The molecular formula is C18H20N2O3. The molecule has 0 unspecified atom stereocenters. The average Bonchev–Trinajstić information content (AvgIpc) is 2.56. The van der Waals surface area contributed by atoms with E-state index in [0.29, 0.717) is 11.3 Å². The maximum atomic E-state index is 12.1. The van der Waals surface area contributed by atoms with E-state index in [2.05, 4.69) is 15.4 Å². The number of nitrogens with one attached hydrogen (secondary N) is 2. The summed E-state index contributed by atoms with van der Waals surface area (Å²) in [6, 6.07) is 12.7. The molecule has 5 heteroatoms. The van der Waals surface area contributed by atoms with E-state index in [1.54, 1.807) is 24.3 Å². The number of rotatable bonds is 5. The number of carbonyl (C=O) groups is 2. The third-order valence-electron chi connectivity index (χ3n) is 3.48. The van der Waals surface area contributed by atoms with Crippen molar-refractivity contribution in [2.45, 2.75) is 13.8 Å². The molecule has 2 rings (SSSR count). The van der Waals surface area contributed by atoms with Crippen LogP contribution in [0.5, 0.6) is 0 Å². The molecule has 0 radical (unpaired) electrons. The highest BCUT2D eigenvalue weighted by Gasteiger charge is 2.08. The van der Waals surface area contributed by atoms with Gasteiger partial charge in [0.15, 0.2) is 0 Å². The molecule has 0 saturated heterocycles. The van der Waals surface area contributed by atoms with Crippen LogP contribution in [-0.4, -0.2) is 25.5 Å². The fourth-order valence-electron chi connectivity index (χ4n) is 2.25. The van der Waals surface area contributed by atoms with E-state index in [1.165, 1.54) is 7.11 Å². The fraction of sp³-hybridized carbons (Fsp3) is 0.222. The quantitative estimate of drug-likeness (QED) is 0.832. The molecule has 0 atom stereocenters. The maximum Gasteiger partial charge on any atom is 0.337 e. The summed E-state index contributed by atoms with van der Waals surface area (Å²) in [5.41, 5.74) is 4.00. The number of esters is 1. The van der Waals surface area contributed by atoms with E-state index in [0.717, 1.165) is 16.8 Å². The van der Waals surface area contributed by atoms with Crippen LogP contribution in [0, 0.1) is 13.8 Å². The molecule has 0 fully saturated rings. The van der Waals surface area contributed by atoms with Crippen molar-refractivity contribution in [2.75, 3.05) is 24.3 Å². The van der Waals surface area contributed by atoms with Crippen LogP contribution >= 0.6 is 0 Å². The molecule has 0 aromatic heterocycles. The summed E-state index contributed by atoms with van der Waals surface area (Å²) in [5, 5.41) is 5.91. The monoisotopic (exact) mass is 312 g/mol. The van der Waals surface area contributed by atoms with Gasteiger partial charge in [-0.3, -0.25) is 4.79 Å². The lowest BCUT2D eigenvalue weighted by atomic mass is 10.1. The molecule has 0 spiro atoms. The number of hydrogen-bond acceptors (Lipinski definition) is 4. The summed E-state index contributed by atoms with van der Waals surface area (Å²) in [4.78, 5) is 23.6. The molecule has 2 aromatic rings. The molecule has 5 nitrogen and oxygen atoms in total. The van der Waals surface area contributed by atoms with Gasteiger partial charge in [0.25, 0.3) is 0 Å². The lowest BCUT2D eigenvalue weighted by molar-refractivity contribution is -0.114. The molecule has 2 N–H and O–H groups in total. The summed E-state index contributed by atoms with van der Waals surface area (Å²) in [7, 11) is 1.33. The van der Waals surface area contributed by atoms with E-state index >= 15 is 0 Å². The van der Waals surface area contributed by atoms with E-state index in [-0.39, 0.29) is 12.5 Å². The lowest BCUT2D eigenvalue weighted by Gasteiger charge is -2.12. The second-order valence-corrected chi connectivity index (χ2v) is 5.24. The minimum absolute atomic E-state index is 0.110. The summed E-state index contributed by atoms with van der Waals surface area (Å²) in [6.07, 6.45) is 0. The highest BCUT2D eigenvalue weighted by molar-refractivity contribution is 5.95. The van der Waals surface area contributed by atoms with E-state index < -0.39 is 5.97 Å². The topological polar surface area (TPSA) is 67.4 Å². The highest BCUT2D eigenvalue weighted by atomic mass is 16.5. The van der Waals surface area contributed by atoms with E-state index in [9.17, 15) is 9.59 Å². The van der Waals surface area contributed by atoms with Crippen molar-refractivity contribution in [1.29, 1.82) is 0 Å². The Hall–Kier alpha value is -2.82. The van der Waals surface area contributed by atoms with Gasteiger partial charge in [-0.05, 0) is 43.2 Å². The van der Waals surface area contributed by atoms with Crippen molar-refractivity contribution in [3.05, 3.63) is 59.2 Å². The van der Waals surface area contributed by atoms with Gasteiger partial charge in [0, 0.05) is 11.4 Å². The number of benzene rings is 2. The van der Waals surface area contributed by atoms with Crippen molar-refractivity contribution in [2.24, 2.45) is 0 Å². The molecular weight excluding hydrogens is 292 g/mol. The van der Waals surface area contributed by atoms with Crippen LogP contribution in [0.3, 0.4) is 0 Å². The van der Waals surface area contributed by atoms with Gasteiger partial charge < -0.3 is 15.4 Å². The maximum absolute atomic E-state index is 12.1. The number of methoxy groups -OCH3 is 1. The zero-order valence-corrected chi connectivity index (χ0v) is 13.5. The van der Waals surface area contributed by atoms with Crippen molar-refractivity contribution in [3.8, 4) is 0 Å². The summed E-state index contributed by atoms with van der Waals surface area (Å²) in [6.45, 7) is 4.02. The Labute approximate surface area is 135 Å². The summed E-state index contributed by atoms with van der Waals surface area (Å²) in [5.74, 6) is -0.556. The minimum Gasteiger partial charge on any atom is -0.465 e. The highest BCUT2D eigenvalue weighted by Crippen LogP contribution is 2.19. The summed E-state index contributed by atoms with van der Waals surface area (Å²) >= 11 is 0. The van der Waals surface area contributed by atoms with Crippen LogP contribution in [0.4, 0.5) is 11.4 Å². The molecule has 120 valence electrons. The fourth-order valence-corrected chi connectivity index (χ4v) is 2.25. The van der Waals surface area contributed by atoms with Crippen molar-refractivity contribution >= 4 is 23.3 Å². The summed E-state index contributed by atoms with van der Waals surface area (Å²) < 4.78 is 4.68. The Balaban J connectivity index is 1.98. The Morgan fingerprint density at radius 2 is 1.70 bits per heavy atom. The zero-order valence-electron chi connectivity index (χ0n) is 13.5. The van der Waals surface area contributed by atoms with Crippen LogP contribution in [0.25, 0.3) is 0 Å². The molecule has 0 heterocycles. The Bertz CT molecular complexity index is 706. The molecule has 0 aliphatic rings. The first-order valence-corrected chi connectivity index (χ1v) is 7.29. The second kappa shape index (κ2) is 7.45. The number of anilines is 2. The Morgan fingerprint density at radius 1 is 1.04 bits per heavy atom. The van der Waals surface area contributed by atoms with Gasteiger partial charge >= 0.3 is 5.97 Å². The smallest absolute Gasteiger partial charge is 0.337 e. The normalized spacial score (nSPS) is 10.0. The van der Waals surface area contributed by atoms with Crippen molar-refractivity contribution in [3.63, 3.8) is 0 Å². The molecule has 0 aliphatic carbocycles. The first-order chi connectivity index (χ1) is 11.0. The van der Waals surface area contributed by atoms with Gasteiger partial charge in [-0.25, -0.2) is 4.79 Å². The van der Waals surface area contributed by atoms with E-state index in [1.807, 2.05) is 32.0 Å². The third-order valence-corrected chi connectivity index (χ3v) is 3.48. The molecule has 1 amide bonds. The molecule has 0 saturated carbocycles. The second-order valence-electron chi connectivity index (χ2n) is 5.24. The van der Waals surface area contributed by atoms with Gasteiger partial charge in [0.2, 0.25) is 5.91 Å². The van der Waals surface area contributed by atoms with Crippen LogP contribution in [0.1, 0.15) is 21.5 Å². The number of hydrogen-bond donors (Lipinski definition) is 2. The van der Waals surface area contributed by atoms with E-state index in [4.69, 9.17) is 0 Å². The average molecular weight is 312 g/mol. The molecule has 2 aromatic carbocycles. The minimum atomic E-state index is -0.409. The SMILES string of the molecule is COC(=O)c1cccc(NCC(=O)Nc2c(C)cccc2C)c1. The van der Waals surface area contributed by atoms with Crippen molar-refractivity contribution < 1.29 is 14.3 Å². The largest absolute Gasteiger partial charge is 0.465 e.